The Morgan fingerprint density at radius 3 is 2.74 bits per heavy atom. The number of carbonyl (C=O) groups excluding carboxylic acids is 1. The SMILES string of the molecule is O=C(c1ccc(-c2c[nH]c3ncc(Cl)cc23)cc1)N1CC(O)C1. The maximum absolute atomic E-state index is 12.2. The number of aromatic amines is 1. The highest BCUT2D eigenvalue weighted by molar-refractivity contribution is 6.31. The van der Waals surface area contributed by atoms with Gasteiger partial charge in [0.05, 0.1) is 11.1 Å². The Labute approximate surface area is 137 Å². The van der Waals surface area contributed by atoms with Crippen LogP contribution in [0.15, 0.2) is 42.7 Å². The van der Waals surface area contributed by atoms with Crippen LogP contribution < -0.4 is 0 Å². The molecule has 0 radical (unpaired) electrons. The quantitative estimate of drug-likeness (QED) is 0.760. The number of β-amino-alcohol motifs (C(OH)–C–C–N with tert-alkyl or cyclic N) is 1. The van der Waals surface area contributed by atoms with E-state index in [1.165, 1.54) is 0 Å². The van der Waals surface area contributed by atoms with Crippen LogP contribution in [0, 0.1) is 0 Å². The molecule has 0 aliphatic carbocycles. The van der Waals surface area contributed by atoms with E-state index in [9.17, 15) is 9.90 Å². The third-order valence-electron chi connectivity index (χ3n) is 4.09. The second-order valence-electron chi connectivity index (χ2n) is 5.69. The molecule has 4 rings (SSSR count). The summed E-state index contributed by atoms with van der Waals surface area (Å²) in [5.41, 5.74) is 3.38. The highest BCUT2D eigenvalue weighted by atomic mass is 35.5. The number of rotatable bonds is 2. The van der Waals surface area contributed by atoms with Crippen molar-refractivity contribution in [2.75, 3.05) is 13.1 Å². The normalized spacial score (nSPS) is 15.0. The van der Waals surface area contributed by atoms with Gasteiger partial charge in [0.1, 0.15) is 5.65 Å². The molecule has 0 atom stereocenters. The van der Waals surface area contributed by atoms with Gasteiger partial charge in [-0.3, -0.25) is 4.79 Å². The number of benzene rings is 1. The Bertz CT molecular complexity index is 882. The Kier molecular flexibility index (Phi) is 3.32. The van der Waals surface area contributed by atoms with Crippen molar-refractivity contribution in [1.29, 1.82) is 0 Å². The summed E-state index contributed by atoms with van der Waals surface area (Å²) in [6.45, 7) is 0.820. The summed E-state index contributed by atoms with van der Waals surface area (Å²) in [6, 6.07) is 9.30. The van der Waals surface area contributed by atoms with Gasteiger partial charge in [0.25, 0.3) is 5.91 Å². The topological polar surface area (TPSA) is 69.2 Å². The van der Waals surface area contributed by atoms with Gasteiger partial charge < -0.3 is 15.0 Å². The van der Waals surface area contributed by atoms with Gasteiger partial charge in [0.15, 0.2) is 0 Å². The van der Waals surface area contributed by atoms with Gasteiger partial charge >= 0.3 is 0 Å². The lowest BCUT2D eigenvalue weighted by Gasteiger charge is -2.35. The number of fused-ring (bicyclic) bond motifs is 1. The predicted octanol–water partition coefficient (Wildman–Crippen LogP) is 2.70. The Balaban J connectivity index is 1.64. The van der Waals surface area contributed by atoms with Crippen molar-refractivity contribution in [2.45, 2.75) is 6.10 Å². The molecule has 0 spiro atoms. The lowest BCUT2D eigenvalue weighted by atomic mass is 10.0. The van der Waals surface area contributed by atoms with Gasteiger partial charge in [-0.25, -0.2) is 4.98 Å². The van der Waals surface area contributed by atoms with E-state index < -0.39 is 0 Å². The van der Waals surface area contributed by atoms with Crippen molar-refractivity contribution in [2.24, 2.45) is 0 Å². The number of hydrogen-bond acceptors (Lipinski definition) is 3. The van der Waals surface area contributed by atoms with Gasteiger partial charge in [-0.1, -0.05) is 23.7 Å². The molecule has 1 aliphatic rings. The number of halogens is 1. The molecule has 5 nitrogen and oxygen atoms in total. The largest absolute Gasteiger partial charge is 0.389 e. The number of carbonyl (C=O) groups is 1. The summed E-state index contributed by atoms with van der Waals surface area (Å²) < 4.78 is 0. The Morgan fingerprint density at radius 1 is 1.30 bits per heavy atom. The third-order valence-corrected chi connectivity index (χ3v) is 4.30. The number of H-pyrrole nitrogens is 1. The summed E-state index contributed by atoms with van der Waals surface area (Å²) in [5, 5.41) is 10.8. The van der Waals surface area contributed by atoms with Crippen LogP contribution in [-0.4, -0.2) is 45.1 Å². The van der Waals surface area contributed by atoms with E-state index in [-0.39, 0.29) is 12.0 Å². The number of aromatic nitrogens is 2. The molecule has 1 fully saturated rings. The number of likely N-dealkylation sites (tertiary alicyclic amines) is 1. The fourth-order valence-corrected chi connectivity index (χ4v) is 2.97. The zero-order chi connectivity index (χ0) is 16.0. The average Bonchev–Trinajstić information content (AvgIpc) is 2.94. The molecule has 23 heavy (non-hydrogen) atoms. The minimum Gasteiger partial charge on any atom is -0.389 e. The smallest absolute Gasteiger partial charge is 0.254 e. The monoisotopic (exact) mass is 327 g/mol. The van der Waals surface area contributed by atoms with Crippen LogP contribution >= 0.6 is 11.6 Å². The van der Waals surface area contributed by atoms with E-state index in [0.717, 1.165) is 22.2 Å². The molecule has 0 bridgehead atoms. The number of aliphatic hydroxyl groups is 1. The van der Waals surface area contributed by atoms with Crippen LogP contribution in [0.25, 0.3) is 22.2 Å². The van der Waals surface area contributed by atoms with Crippen molar-refractivity contribution < 1.29 is 9.90 Å². The minimum absolute atomic E-state index is 0.0505. The molecule has 116 valence electrons. The van der Waals surface area contributed by atoms with Gasteiger partial charge in [0, 0.05) is 42.0 Å². The van der Waals surface area contributed by atoms with Crippen molar-refractivity contribution in [1.82, 2.24) is 14.9 Å². The summed E-state index contributed by atoms with van der Waals surface area (Å²) in [5.74, 6) is -0.0505. The molecule has 1 amide bonds. The standard InChI is InChI=1S/C17H14ClN3O2/c18-12-5-14-15(7-20-16(14)19-6-12)10-1-3-11(4-2-10)17(23)21-8-13(22)9-21/h1-7,13,22H,8-9H2,(H,19,20). The summed E-state index contributed by atoms with van der Waals surface area (Å²) >= 11 is 6.02. The summed E-state index contributed by atoms with van der Waals surface area (Å²) in [6.07, 6.45) is 3.10. The molecular formula is C17H14ClN3O2. The molecule has 2 N–H and O–H groups in total. The van der Waals surface area contributed by atoms with Crippen molar-refractivity contribution in [3.63, 3.8) is 0 Å². The number of amides is 1. The second-order valence-corrected chi connectivity index (χ2v) is 6.13. The maximum Gasteiger partial charge on any atom is 0.254 e. The van der Waals surface area contributed by atoms with Gasteiger partial charge in [0.2, 0.25) is 0 Å². The Morgan fingerprint density at radius 2 is 2.04 bits per heavy atom. The maximum atomic E-state index is 12.2. The predicted molar refractivity (Wildman–Crippen MR) is 88.5 cm³/mol. The first-order chi connectivity index (χ1) is 11.1. The van der Waals surface area contributed by atoms with Crippen molar-refractivity contribution in [3.8, 4) is 11.1 Å². The number of pyridine rings is 1. The molecule has 0 unspecified atom stereocenters. The fraction of sp³-hybridized carbons (Fsp3) is 0.176. The first-order valence-corrected chi connectivity index (χ1v) is 7.70. The van der Waals surface area contributed by atoms with Crippen molar-refractivity contribution in [3.05, 3.63) is 53.3 Å². The molecule has 3 aromatic rings. The summed E-state index contributed by atoms with van der Waals surface area (Å²) in [7, 11) is 0. The first kappa shape index (κ1) is 14.2. The van der Waals surface area contributed by atoms with Crippen molar-refractivity contribution >= 4 is 28.5 Å². The molecule has 6 heteroatoms. The molecule has 3 heterocycles. The van der Waals surface area contributed by atoms with E-state index in [0.29, 0.717) is 23.7 Å². The van der Waals surface area contributed by atoms with Gasteiger partial charge in [-0.2, -0.15) is 0 Å². The van der Waals surface area contributed by atoms with Crippen LogP contribution in [0.2, 0.25) is 5.02 Å². The first-order valence-electron chi connectivity index (χ1n) is 7.32. The summed E-state index contributed by atoms with van der Waals surface area (Å²) in [4.78, 5) is 21.2. The highest BCUT2D eigenvalue weighted by Crippen LogP contribution is 2.29. The van der Waals surface area contributed by atoms with E-state index in [4.69, 9.17) is 11.6 Å². The molecular weight excluding hydrogens is 314 g/mol. The molecule has 1 aliphatic heterocycles. The molecule has 1 saturated heterocycles. The zero-order valence-corrected chi connectivity index (χ0v) is 12.9. The van der Waals surface area contributed by atoms with Gasteiger partial charge in [-0.05, 0) is 23.8 Å². The van der Waals surface area contributed by atoms with E-state index in [1.54, 1.807) is 23.2 Å². The van der Waals surface area contributed by atoms with E-state index in [2.05, 4.69) is 9.97 Å². The highest BCUT2D eigenvalue weighted by Gasteiger charge is 2.29. The lowest BCUT2D eigenvalue weighted by Crippen LogP contribution is -2.53. The number of nitrogens with one attached hydrogen (secondary N) is 1. The van der Waals surface area contributed by atoms with Crippen LogP contribution in [-0.2, 0) is 0 Å². The van der Waals surface area contributed by atoms with Crippen LogP contribution in [0.5, 0.6) is 0 Å². The number of aliphatic hydroxyl groups excluding tert-OH is 1. The van der Waals surface area contributed by atoms with E-state index in [1.807, 2.05) is 24.4 Å². The fourth-order valence-electron chi connectivity index (χ4n) is 2.81. The second kappa shape index (κ2) is 5.37. The van der Waals surface area contributed by atoms with Gasteiger partial charge in [-0.15, -0.1) is 0 Å². The van der Waals surface area contributed by atoms with Crippen LogP contribution in [0.3, 0.4) is 0 Å². The van der Waals surface area contributed by atoms with Crippen LogP contribution in [0.4, 0.5) is 0 Å². The lowest BCUT2D eigenvalue weighted by molar-refractivity contribution is 0.00590. The van der Waals surface area contributed by atoms with E-state index >= 15 is 0 Å². The average molecular weight is 328 g/mol. The Hall–Kier alpha value is -2.37. The molecule has 2 aromatic heterocycles. The zero-order valence-electron chi connectivity index (χ0n) is 12.2. The third kappa shape index (κ3) is 2.48. The number of nitrogens with zero attached hydrogens (tertiary/aromatic N) is 2. The van der Waals surface area contributed by atoms with Crippen LogP contribution in [0.1, 0.15) is 10.4 Å². The molecule has 1 aromatic carbocycles. The molecule has 0 saturated carbocycles. The number of hydrogen-bond donors (Lipinski definition) is 2. The minimum atomic E-state index is -0.387.